The van der Waals surface area contributed by atoms with Crippen LogP contribution in [0.25, 0.3) is 0 Å². The summed E-state index contributed by atoms with van der Waals surface area (Å²) in [5, 5.41) is 0. The lowest BCUT2D eigenvalue weighted by Gasteiger charge is -2.11. The van der Waals surface area contributed by atoms with Gasteiger partial charge in [-0.25, -0.2) is 8.42 Å². The number of sulfonamides is 1. The maximum Gasteiger partial charge on any atom is 0.253 e. The minimum absolute atomic E-state index is 0.0965. The first kappa shape index (κ1) is 11.2. The average Bonchev–Trinajstić information content (AvgIpc) is 2.52. The zero-order valence-corrected chi connectivity index (χ0v) is 9.65. The molecule has 0 atom stereocenters. The molecular weight excluding hydrogens is 218 g/mol. The van der Waals surface area contributed by atoms with Crippen molar-refractivity contribution in [3.05, 3.63) is 17.0 Å². The van der Waals surface area contributed by atoms with Crippen LogP contribution in [-0.2, 0) is 10.0 Å². The smallest absolute Gasteiger partial charge is 0.206 e. The zero-order valence-electron chi connectivity index (χ0n) is 8.02. The highest BCUT2D eigenvalue weighted by molar-refractivity contribution is 7.91. The summed E-state index contributed by atoms with van der Waals surface area (Å²) in [5.74, 6) is 2.30. The van der Waals surface area contributed by atoms with Gasteiger partial charge in [0, 0.05) is 11.9 Å². The fourth-order valence-corrected chi connectivity index (χ4v) is 3.50. The number of rotatable bonds is 3. The Balaban J connectivity index is 3.03. The van der Waals surface area contributed by atoms with Crippen LogP contribution < -0.4 is 0 Å². The van der Waals surface area contributed by atoms with Gasteiger partial charge in [-0.05, 0) is 19.1 Å². The molecule has 1 aromatic rings. The SMILES string of the molecule is C#CCN(C)S(=O)(=O)c1ccc(C)s1. The number of nitrogens with zero attached hydrogens (tertiary/aromatic N) is 1. The van der Waals surface area contributed by atoms with Crippen molar-refractivity contribution in [1.82, 2.24) is 4.31 Å². The van der Waals surface area contributed by atoms with Crippen molar-refractivity contribution in [2.75, 3.05) is 13.6 Å². The third kappa shape index (κ3) is 2.15. The Kier molecular flexibility index (Phi) is 3.32. The van der Waals surface area contributed by atoms with Crippen LogP contribution in [0.4, 0.5) is 0 Å². The van der Waals surface area contributed by atoms with Crippen LogP contribution in [0, 0.1) is 19.3 Å². The molecule has 0 saturated carbocycles. The number of thiophene rings is 1. The molecule has 0 radical (unpaired) electrons. The summed E-state index contributed by atoms with van der Waals surface area (Å²) >= 11 is 1.25. The largest absolute Gasteiger partial charge is 0.253 e. The Hall–Kier alpha value is -0.830. The van der Waals surface area contributed by atoms with Gasteiger partial charge in [0.1, 0.15) is 4.21 Å². The topological polar surface area (TPSA) is 37.4 Å². The molecule has 0 bridgehead atoms. The van der Waals surface area contributed by atoms with Gasteiger partial charge in [-0.2, -0.15) is 4.31 Å². The van der Waals surface area contributed by atoms with Crippen LogP contribution in [-0.4, -0.2) is 26.3 Å². The van der Waals surface area contributed by atoms with E-state index in [1.165, 1.54) is 18.4 Å². The van der Waals surface area contributed by atoms with Crippen LogP contribution in [0.2, 0.25) is 0 Å². The van der Waals surface area contributed by atoms with Gasteiger partial charge in [-0.3, -0.25) is 0 Å². The molecule has 0 unspecified atom stereocenters. The second kappa shape index (κ2) is 4.13. The first-order valence-electron chi connectivity index (χ1n) is 3.94. The predicted octanol–water partition coefficient (Wildman–Crippen LogP) is 1.31. The molecule has 0 aliphatic carbocycles. The Morgan fingerprint density at radius 3 is 2.64 bits per heavy atom. The van der Waals surface area contributed by atoms with Gasteiger partial charge >= 0.3 is 0 Å². The monoisotopic (exact) mass is 229 g/mol. The zero-order chi connectivity index (χ0) is 10.8. The van der Waals surface area contributed by atoms with Crippen LogP contribution >= 0.6 is 11.3 Å². The van der Waals surface area contributed by atoms with E-state index in [4.69, 9.17) is 6.42 Å². The van der Waals surface area contributed by atoms with E-state index in [1.807, 2.05) is 6.92 Å². The van der Waals surface area contributed by atoms with Gasteiger partial charge in [0.25, 0.3) is 10.0 Å². The summed E-state index contributed by atoms with van der Waals surface area (Å²) in [5.41, 5.74) is 0. The van der Waals surface area contributed by atoms with Crippen molar-refractivity contribution in [2.45, 2.75) is 11.1 Å². The molecule has 0 saturated heterocycles. The van der Waals surface area contributed by atoms with Crippen LogP contribution in [0.3, 0.4) is 0 Å². The third-order valence-electron chi connectivity index (χ3n) is 1.69. The van der Waals surface area contributed by atoms with Gasteiger partial charge in [-0.1, -0.05) is 5.92 Å². The minimum atomic E-state index is -3.37. The number of hydrogen-bond acceptors (Lipinski definition) is 3. The van der Waals surface area contributed by atoms with Crippen molar-refractivity contribution >= 4 is 21.4 Å². The van der Waals surface area contributed by atoms with E-state index in [2.05, 4.69) is 5.92 Å². The molecule has 5 heteroatoms. The standard InChI is InChI=1S/C9H11NO2S2/c1-4-7-10(3)14(11,12)9-6-5-8(2)13-9/h1,5-6H,7H2,2-3H3. The third-order valence-corrected chi connectivity index (χ3v) is 4.97. The van der Waals surface area contributed by atoms with Crippen LogP contribution in [0.1, 0.15) is 4.88 Å². The van der Waals surface area contributed by atoms with E-state index in [0.29, 0.717) is 4.21 Å². The summed E-state index contributed by atoms with van der Waals surface area (Å²) in [6, 6.07) is 3.38. The summed E-state index contributed by atoms with van der Waals surface area (Å²) in [7, 11) is -1.89. The highest BCUT2D eigenvalue weighted by atomic mass is 32.2. The van der Waals surface area contributed by atoms with Gasteiger partial charge in [-0.15, -0.1) is 17.8 Å². The Morgan fingerprint density at radius 1 is 1.57 bits per heavy atom. The molecule has 3 nitrogen and oxygen atoms in total. The lowest BCUT2D eigenvalue weighted by atomic mass is 10.5. The fourth-order valence-electron chi connectivity index (χ4n) is 0.918. The highest BCUT2D eigenvalue weighted by Gasteiger charge is 2.21. The summed E-state index contributed by atoms with van der Waals surface area (Å²) in [6.07, 6.45) is 5.06. The molecular formula is C9H11NO2S2. The van der Waals surface area contributed by atoms with Crippen LogP contribution in [0.15, 0.2) is 16.3 Å². The lowest BCUT2D eigenvalue weighted by molar-refractivity contribution is 0.505. The van der Waals surface area contributed by atoms with E-state index < -0.39 is 10.0 Å². The Labute approximate surface area is 88.4 Å². The number of terminal acetylenes is 1. The fraction of sp³-hybridized carbons (Fsp3) is 0.333. The number of hydrogen-bond donors (Lipinski definition) is 0. The molecule has 0 aliphatic heterocycles. The minimum Gasteiger partial charge on any atom is -0.206 e. The molecule has 1 heterocycles. The van der Waals surface area contributed by atoms with Crippen molar-refractivity contribution in [2.24, 2.45) is 0 Å². The average molecular weight is 229 g/mol. The number of aryl methyl sites for hydroxylation is 1. The van der Waals surface area contributed by atoms with E-state index in [1.54, 1.807) is 12.1 Å². The molecule has 14 heavy (non-hydrogen) atoms. The Bertz CT molecular complexity index is 453. The molecule has 0 fully saturated rings. The quantitative estimate of drug-likeness (QED) is 0.733. The highest BCUT2D eigenvalue weighted by Crippen LogP contribution is 2.23. The molecule has 0 spiro atoms. The molecule has 1 rings (SSSR count). The first-order valence-corrected chi connectivity index (χ1v) is 6.20. The molecule has 0 N–H and O–H groups in total. The van der Waals surface area contributed by atoms with E-state index in [-0.39, 0.29) is 6.54 Å². The normalized spacial score (nSPS) is 11.6. The maximum atomic E-state index is 11.8. The maximum absolute atomic E-state index is 11.8. The molecule has 0 aromatic carbocycles. The van der Waals surface area contributed by atoms with Crippen molar-refractivity contribution in [3.63, 3.8) is 0 Å². The van der Waals surface area contributed by atoms with E-state index in [0.717, 1.165) is 9.18 Å². The van der Waals surface area contributed by atoms with Gasteiger partial charge in [0.15, 0.2) is 0 Å². The summed E-state index contributed by atoms with van der Waals surface area (Å²) in [4.78, 5) is 0.970. The van der Waals surface area contributed by atoms with Crippen molar-refractivity contribution < 1.29 is 8.42 Å². The second-order valence-electron chi connectivity index (χ2n) is 2.83. The van der Waals surface area contributed by atoms with Gasteiger partial charge in [0.05, 0.1) is 6.54 Å². The Morgan fingerprint density at radius 2 is 2.21 bits per heavy atom. The second-order valence-corrected chi connectivity index (χ2v) is 6.39. The summed E-state index contributed by atoms with van der Waals surface area (Å²) < 4.78 is 25.1. The first-order chi connectivity index (χ1) is 6.48. The molecule has 76 valence electrons. The van der Waals surface area contributed by atoms with Gasteiger partial charge in [0.2, 0.25) is 0 Å². The summed E-state index contributed by atoms with van der Waals surface area (Å²) in [6.45, 7) is 1.96. The van der Waals surface area contributed by atoms with Crippen molar-refractivity contribution in [3.8, 4) is 12.3 Å². The predicted molar refractivity (Wildman–Crippen MR) is 57.7 cm³/mol. The molecule has 0 aliphatic rings. The van der Waals surface area contributed by atoms with E-state index >= 15 is 0 Å². The molecule has 1 aromatic heterocycles. The van der Waals surface area contributed by atoms with E-state index in [9.17, 15) is 8.42 Å². The lowest BCUT2D eigenvalue weighted by Crippen LogP contribution is -2.26. The van der Waals surface area contributed by atoms with Crippen molar-refractivity contribution in [1.29, 1.82) is 0 Å². The van der Waals surface area contributed by atoms with Gasteiger partial charge < -0.3 is 0 Å². The molecule has 0 amide bonds. The van der Waals surface area contributed by atoms with Crippen LogP contribution in [0.5, 0.6) is 0 Å².